The number of amides is 1. The molecule has 2 heterocycles. The zero-order valence-corrected chi connectivity index (χ0v) is 12.3. The molecule has 108 valence electrons. The Hall–Kier alpha value is -2.41. The normalized spacial score (nSPS) is 11.2. The van der Waals surface area contributed by atoms with Gasteiger partial charge in [0.1, 0.15) is 0 Å². The van der Waals surface area contributed by atoms with Crippen molar-refractivity contribution in [3.63, 3.8) is 0 Å². The number of anilines is 1. The highest BCUT2D eigenvalue weighted by Crippen LogP contribution is 2.27. The van der Waals surface area contributed by atoms with E-state index in [1.54, 1.807) is 12.1 Å². The molecule has 7 heteroatoms. The lowest BCUT2D eigenvalue weighted by atomic mass is 10.1. The van der Waals surface area contributed by atoms with Crippen LogP contribution in [0, 0.1) is 5.92 Å². The maximum Gasteiger partial charge on any atom is 0.417 e. The number of carbonyl (C=O) groups is 1. The van der Waals surface area contributed by atoms with E-state index in [0.717, 1.165) is 11.3 Å². The molecule has 6 nitrogen and oxygen atoms in total. The van der Waals surface area contributed by atoms with Crippen LogP contribution in [-0.4, -0.2) is 15.9 Å². The molecule has 0 aliphatic heterocycles. The van der Waals surface area contributed by atoms with Gasteiger partial charge >= 0.3 is 5.76 Å². The van der Waals surface area contributed by atoms with Crippen molar-refractivity contribution in [2.24, 2.45) is 5.92 Å². The molecule has 1 aromatic carbocycles. The van der Waals surface area contributed by atoms with Crippen LogP contribution in [0.5, 0.6) is 0 Å². The lowest BCUT2D eigenvalue weighted by Crippen LogP contribution is -2.17. The van der Waals surface area contributed by atoms with E-state index < -0.39 is 5.76 Å². The Kier molecular flexibility index (Phi) is 3.34. The van der Waals surface area contributed by atoms with Gasteiger partial charge in [-0.05, 0) is 12.1 Å². The van der Waals surface area contributed by atoms with E-state index in [2.05, 4.69) is 15.3 Å². The van der Waals surface area contributed by atoms with Gasteiger partial charge in [-0.25, -0.2) is 9.78 Å². The van der Waals surface area contributed by atoms with Gasteiger partial charge in [-0.3, -0.25) is 9.78 Å². The lowest BCUT2D eigenvalue weighted by molar-refractivity contribution is -0.118. The zero-order valence-electron chi connectivity index (χ0n) is 11.5. The summed E-state index contributed by atoms with van der Waals surface area (Å²) in [5.41, 5.74) is 2.68. The molecule has 0 atom stereocenters. The Bertz CT molecular complexity index is 860. The number of nitrogens with one attached hydrogen (secondary N) is 2. The zero-order chi connectivity index (χ0) is 15.0. The van der Waals surface area contributed by atoms with E-state index in [0.29, 0.717) is 16.2 Å². The Morgan fingerprint density at radius 2 is 2.24 bits per heavy atom. The van der Waals surface area contributed by atoms with Gasteiger partial charge in [-0.2, -0.15) is 0 Å². The van der Waals surface area contributed by atoms with E-state index in [-0.39, 0.29) is 11.8 Å². The third-order valence-electron chi connectivity index (χ3n) is 2.98. The number of oxazole rings is 1. The lowest BCUT2D eigenvalue weighted by Gasteiger charge is -2.03. The van der Waals surface area contributed by atoms with Gasteiger partial charge in [0.25, 0.3) is 0 Å². The number of fused-ring (bicyclic) bond motifs is 1. The molecule has 0 radical (unpaired) electrons. The Morgan fingerprint density at radius 1 is 1.43 bits per heavy atom. The Morgan fingerprint density at radius 3 is 3.00 bits per heavy atom. The summed E-state index contributed by atoms with van der Waals surface area (Å²) in [6, 6.07) is 5.36. The third kappa shape index (κ3) is 2.73. The number of aromatic amines is 1. The molecular formula is C14H13N3O3S. The maximum atomic E-state index is 11.6. The second kappa shape index (κ2) is 5.17. The quantitative estimate of drug-likeness (QED) is 0.778. The van der Waals surface area contributed by atoms with Gasteiger partial charge in [0.2, 0.25) is 5.91 Å². The van der Waals surface area contributed by atoms with Crippen molar-refractivity contribution in [3.05, 3.63) is 34.1 Å². The summed E-state index contributed by atoms with van der Waals surface area (Å²) in [6.07, 6.45) is 0. The molecule has 0 saturated heterocycles. The van der Waals surface area contributed by atoms with E-state index in [4.69, 9.17) is 4.42 Å². The van der Waals surface area contributed by atoms with Crippen molar-refractivity contribution in [2.75, 3.05) is 5.32 Å². The van der Waals surface area contributed by atoms with E-state index in [9.17, 15) is 9.59 Å². The highest BCUT2D eigenvalue weighted by Gasteiger charge is 2.11. The summed E-state index contributed by atoms with van der Waals surface area (Å²) >= 11 is 1.36. The first-order valence-corrected chi connectivity index (χ1v) is 7.30. The van der Waals surface area contributed by atoms with Crippen LogP contribution < -0.4 is 11.1 Å². The minimum atomic E-state index is -0.481. The minimum absolute atomic E-state index is 0.0667. The predicted octanol–water partition coefficient (Wildman–Crippen LogP) is 2.84. The Labute approximate surface area is 123 Å². The Balaban J connectivity index is 1.90. The second-order valence-corrected chi connectivity index (χ2v) is 5.77. The fraction of sp³-hybridized carbons (Fsp3) is 0.214. The highest BCUT2D eigenvalue weighted by molar-refractivity contribution is 7.14. The van der Waals surface area contributed by atoms with Gasteiger partial charge in [0.05, 0.1) is 11.2 Å². The smallest absolute Gasteiger partial charge is 0.408 e. The number of nitrogens with zero attached hydrogens (tertiary/aromatic N) is 1. The van der Waals surface area contributed by atoms with Crippen LogP contribution in [0.3, 0.4) is 0 Å². The van der Waals surface area contributed by atoms with Crippen LogP contribution in [0.25, 0.3) is 22.4 Å². The average Bonchev–Trinajstić information content (AvgIpc) is 3.02. The molecule has 1 amide bonds. The van der Waals surface area contributed by atoms with Gasteiger partial charge in [-0.15, -0.1) is 11.3 Å². The van der Waals surface area contributed by atoms with Gasteiger partial charge in [0, 0.05) is 16.9 Å². The van der Waals surface area contributed by atoms with Crippen molar-refractivity contribution < 1.29 is 9.21 Å². The molecule has 0 unspecified atom stereocenters. The second-order valence-electron chi connectivity index (χ2n) is 4.91. The summed E-state index contributed by atoms with van der Waals surface area (Å²) in [5, 5.41) is 5.17. The van der Waals surface area contributed by atoms with Crippen LogP contribution in [0.1, 0.15) is 13.8 Å². The van der Waals surface area contributed by atoms with Crippen LogP contribution in [0.15, 0.2) is 32.8 Å². The molecular weight excluding hydrogens is 290 g/mol. The first-order valence-electron chi connectivity index (χ1n) is 6.42. The largest absolute Gasteiger partial charge is 0.417 e. The maximum absolute atomic E-state index is 11.6. The molecule has 0 aliphatic rings. The number of thiazole rings is 1. The summed E-state index contributed by atoms with van der Waals surface area (Å²) < 4.78 is 5.03. The molecule has 0 fully saturated rings. The summed E-state index contributed by atoms with van der Waals surface area (Å²) in [7, 11) is 0. The fourth-order valence-corrected chi connectivity index (χ4v) is 2.54. The summed E-state index contributed by atoms with van der Waals surface area (Å²) in [6.45, 7) is 3.65. The number of carbonyl (C=O) groups excluding carboxylic acids is 1. The van der Waals surface area contributed by atoms with Gasteiger partial charge < -0.3 is 9.73 Å². The SMILES string of the molecule is CC(C)C(=O)Nc1nc(-c2ccc3[nH]c(=O)oc3c2)cs1. The molecule has 0 spiro atoms. The van der Waals surface area contributed by atoms with Crippen molar-refractivity contribution in [1.29, 1.82) is 0 Å². The first kappa shape index (κ1) is 13.6. The summed E-state index contributed by atoms with van der Waals surface area (Å²) in [4.78, 5) is 29.7. The fourth-order valence-electron chi connectivity index (χ4n) is 1.82. The standard InChI is InChI=1S/C14H13N3O3S/c1-7(2)12(18)17-13-15-10(6-21-13)8-3-4-9-11(5-8)20-14(19)16-9/h3-7H,1-2H3,(H,16,19)(H,15,17,18). The van der Waals surface area contributed by atoms with Crippen molar-refractivity contribution in [3.8, 4) is 11.3 Å². The van der Waals surface area contributed by atoms with Crippen LogP contribution in [0.4, 0.5) is 5.13 Å². The van der Waals surface area contributed by atoms with Crippen molar-refractivity contribution in [2.45, 2.75) is 13.8 Å². The number of hydrogen-bond acceptors (Lipinski definition) is 5. The van der Waals surface area contributed by atoms with Gasteiger partial charge in [-0.1, -0.05) is 19.9 Å². The molecule has 2 aromatic heterocycles. The molecule has 0 bridgehead atoms. The topological polar surface area (TPSA) is 88.0 Å². The van der Waals surface area contributed by atoms with Crippen molar-refractivity contribution >= 4 is 33.5 Å². The number of aromatic nitrogens is 2. The van der Waals surface area contributed by atoms with E-state index in [1.165, 1.54) is 11.3 Å². The predicted molar refractivity (Wildman–Crippen MR) is 81.4 cm³/mol. The van der Waals surface area contributed by atoms with E-state index in [1.807, 2.05) is 25.3 Å². The molecule has 21 heavy (non-hydrogen) atoms. The molecule has 2 N–H and O–H groups in total. The molecule has 3 rings (SSSR count). The number of benzene rings is 1. The molecule has 0 saturated carbocycles. The number of rotatable bonds is 3. The highest BCUT2D eigenvalue weighted by atomic mass is 32.1. The third-order valence-corrected chi connectivity index (χ3v) is 3.73. The van der Waals surface area contributed by atoms with Gasteiger partial charge in [0.15, 0.2) is 10.7 Å². The summed E-state index contributed by atoms with van der Waals surface area (Å²) in [5.74, 6) is -0.642. The number of H-pyrrole nitrogens is 1. The van der Waals surface area contributed by atoms with Crippen molar-refractivity contribution in [1.82, 2.24) is 9.97 Å². The minimum Gasteiger partial charge on any atom is -0.408 e. The monoisotopic (exact) mass is 303 g/mol. The number of hydrogen-bond donors (Lipinski definition) is 2. The van der Waals surface area contributed by atoms with Crippen LogP contribution in [0.2, 0.25) is 0 Å². The van der Waals surface area contributed by atoms with E-state index >= 15 is 0 Å². The average molecular weight is 303 g/mol. The van der Waals surface area contributed by atoms with Crippen LogP contribution >= 0.6 is 11.3 Å². The first-order chi connectivity index (χ1) is 10.0. The van der Waals surface area contributed by atoms with Crippen LogP contribution in [-0.2, 0) is 4.79 Å². The molecule has 3 aromatic rings. The molecule has 0 aliphatic carbocycles.